The summed E-state index contributed by atoms with van der Waals surface area (Å²) in [6.45, 7) is 5.98. The summed E-state index contributed by atoms with van der Waals surface area (Å²) in [5.41, 5.74) is 3.04. The molecule has 0 fully saturated rings. The maximum Gasteiger partial charge on any atom is 0.216 e. The highest BCUT2D eigenvalue weighted by atomic mass is 32.1. The van der Waals surface area contributed by atoms with Crippen LogP contribution in [-0.4, -0.2) is 30.9 Å². The Balaban J connectivity index is 2.42. The minimum absolute atomic E-state index is 0.502. The smallest absolute Gasteiger partial charge is 0.216 e. The van der Waals surface area contributed by atoms with E-state index in [1.807, 2.05) is 32.5 Å². The molecule has 0 aliphatic carbocycles. The van der Waals surface area contributed by atoms with E-state index >= 15 is 0 Å². The Hall–Kier alpha value is -1.76. The Morgan fingerprint density at radius 3 is 2.72 bits per heavy atom. The van der Waals surface area contributed by atoms with Crippen molar-refractivity contribution in [1.29, 1.82) is 0 Å². The fourth-order valence-corrected chi connectivity index (χ4v) is 1.96. The molecule has 1 N–H and O–H groups in total. The van der Waals surface area contributed by atoms with Gasteiger partial charge in [0.25, 0.3) is 0 Å². The first-order chi connectivity index (χ1) is 8.54. The van der Waals surface area contributed by atoms with Crippen LogP contribution < -0.4 is 0 Å². The topological polar surface area (TPSA) is 63.8 Å². The molecule has 0 unspecified atom stereocenters. The van der Waals surface area contributed by atoms with Crippen LogP contribution in [0.3, 0.4) is 0 Å². The van der Waals surface area contributed by atoms with Gasteiger partial charge < -0.3 is 0 Å². The summed E-state index contributed by atoms with van der Waals surface area (Å²) in [6.07, 6.45) is 2.55. The van der Waals surface area contributed by atoms with E-state index in [2.05, 4.69) is 20.4 Å². The Morgan fingerprint density at radius 2 is 2.17 bits per heavy atom. The van der Waals surface area contributed by atoms with Crippen molar-refractivity contribution in [3.63, 3.8) is 0 Å². The van der Waals surface area contributed by atoms with Crippen molar-refractivity contribution in [2.45, 2.75) is 27.2 Å². The number of aromatic amines is 1. The zero-order chi connectivity index (χ0) is 13.3. The molecule has 2 aromatic heterocycles. The quantitative estimate of drug-likeness (QED) is 0.678. The average Bonchev–Trinajstić information content (AvgIpc) is 2.80. The third-order valence-corrected chi connectivity index (χ3v) is 3.17. The van der Waals surface area contributed by atoms with Crippen molar-refractivity contribution in [2.24, 2.45) is 12.1 Å². The van der Waals surface area contributed by atoms with Crippen LogP contribution in [0.25, 0.3) is 0 Å². The standard InChI is InChI=1S/C11H16N6S/c1-5-10-13-14-11(18)17(10)12-6-9-7(2)15-16(4)8(9)3/h6H,5H2,1-4H3,(H,14,18). The molecule has 7 heteroatoms. The molecule has 0 aliphatic rings. The number of aryl methyl sites for hydroxylation is 3. The minimum atomic E-state index is 0.502. The molecule has 2 rings (SSSR count). The molecular weight excluding hydrogens is 248 g/mol. The van der Waals surface area contributed by atoms with Crippen molar-refractivity contribution in [1.82, 2.24) is 24.7 Å². The second-order valence-corrected chi connectivity index (χ2v) is 4.45. The first kappa shape index (κ1) is 12.7. The molecule has 0 atom stereocenters. The molecule has 0 aliphatic heterocycles. The Labute approximate surface area is 110 Å². The molecule has 2 heterocycles. The maximum atomic E-state index is 5.14. The third kappa shape index (κ3) is 2.13. The molecule has 0 amide bonds. The van der Waals surface area contributed by atoms with Gasteiger partial charge in [0.05, 0.1) is 11.9 Å². The first-order valence-electron chi connectivity index (χ1n) is 5.75. The van der Waals surface area contributed by atoms with Gasteiger partial charge >= 0.3 is 0 Å². The largest absolute Gasteiger partial charge is 0.272 e. The highest BCUT2D eigenvalue weighted by Gasteiger charge is 2.07. The third-order valence-electron chi connectivity index (χ3n) is 2.90. The Bertz CT molecular complexity index is 645. The second kappa shape index (κ2) is 4.85. The zero-order valence-electron chi connectivity index (χ0n) is 10.9. The van der Waals surface area contributed by atoms with Crippen LogP contribution in [0.4, 0.5) is 0 Å². The molecule has 18 heavy (non-hydrogen) atoms. The second-order valence-electron chi connectivity index (χ2n) is 4.06. The molecule has 0 aromatic carbocycles. The van der Waals surface area contributed by atoms with Crippen molar-refractivity contribution in [3.8, 4) is 0 Å². The predicted octanol–water partition coefficient (Wildman–Crippen LogP) is 1.74. The molecule has 0 radical (unpaired) electrons. The summed E-state index contributed by atoms with van der Waals surface area (Å²) in [4.78, 5) is 0. The van der Waals surface area contributed by atoms with Crippen molar-refractivity contribution in [3.05, 3.63) is 27.5 Å². The summed E-state index contributed by atoms with van der Waals surface area (Å²) in [6, 6.07) is 0. The zero-order valence-corrected chi connectivity index (χ0v) is 11.7. The number of rotatable bonds is 3. The van der Waals surface area contributed by atoms with Gasteiger partial charge in [-0.2, -0.15) is 20.0 Å². The molecule has 0 spiro atoms. The lowest BCUT2D eigenvalue weighted by Crippen LogP contribution is -1.98. The van der Waals surface area contributed by atoms with Crippen LogP contribution in [0.15, 0.2) is 5.10 Å². The average molecular weight is 264 g/mol. The summed E-state index contributed by atoms with van der Waals surface area (Å²) >= 11 is 5.14. The van der Waals surface area contributed by atoms with Crippen molar-refractivity contribution >= 4 is 18.4 Å². The van der Waals surface area contributed by atoms with Crippen LogP contribution in [0.2, 0.25) is 0 Å². The first-order valence-corrected chi connectivity index (χ1v) is 6.16. The highest BCUT2D eigenvalue weighted by Crippen LogP contribution is 2.09. The monoisotopic (exact) mass is 264 g/mol. The van der Waals surface area contributed by atoms with Crippen LogP contribution in [0.5, 0.6) is 0 Å². The van der Waals surface area contributed by atoms with E-state index in [4.69, 9.17) is 12.2 Å². The molecule has 96 valence electrons. The van der Waals surface area contributed by atoms with Crippen LogP contribution >= 0.6 is 12.2 Å². The van der Waals surface area contributed by atoms with E-state index in [9.17, 15) is 0 Å². The SMILES string of the molecule is CCc1n[nH]c(=S)n1N=Cc1c(C)nn(C)c1C. The maximum absolute atomic E-state index is 5.14. The Kier molecular flexibility index (Phi) is 3.42. The fourth-order valence-electron chi connectivity index (χ4n) is 1.76. The Morgan fingerprint density at radius 1 is 1.44 bits per heavy atom. The number of aromatic nitrogens is 5. The van der Waals surface area contributed by atoms with Crippen molar-refractivity contribution < 1.29 is 0 Å². The number of hydrogen-bond acceptors (Lipinski definition) is 4. The summed E-state index contributed by atoms with van der Waals surface area (Å²) in [5.74, 6) is 0.815. The highest BCUT2D eigenvalue weighted by molar-refractivity contribution is 7.71. The lowest BCUT2D eigenvalue weighted by atomic mass is 10.2. The predicted molar refractivity (Wildman–Crippen MR) is 72.5 cm³/mol. The molecular formula is C11H16N6S. The van der Waals surface area contributed by atoms with Gasteiger partial charge in [-0.05, 0) is 26.1 Å². The van der Waals surface area contributed by atoms with E-state index in [0.717, 1.165) is 29.2 Å². The van der Waals surface area contributed by atoms with Gasteiger partial charge in [-0.1, -0.05) is 6.92 Å². The molecule has 6 nitrogen and oxygen atoms in total. The minimum Gasteiger partial charge on any atom is -0.272 e. The van der Waals surface area contributed by atoms with Gasteiger partial charge in [0, 0.05) is 24.7 Å². The number of hydrogen-bond donors (Lipinski definition) is 1. The molecule has 0 saturated carbocycles. The summed E-state index contributed by atoms with van der Waals surface area (Å²) < 4.78 is 3.98. The van der Waals surface area contributed by atoms with E-state index in [1.165, 1.54) is 0 Å². The molecule has 0 bridgehead atoms. The van der Waals surface area contributed by atoms with E-state index in [1.54, 1.807) is 10.9 Å². The van der Waals surface area contributed by atoms with Crippen LogP contribution in [0.1, 0.15) is 29.7 Å². The van der Waals surface area contributed by atoms with E-state index < -0.39 is 0 Å². The van der Waals surface area contributed by atoms with Crippen LogP contribution in [-0.2, 0) is 13.5 Å². The van der Waals surface area contributed by atoms with Gasteiger partial charge in [-0.3, -0.25) is 9.78 Å². The molecule has 0 saturated heterocycles. The fraction of sp³-hybridized carbons (Fsp3) is 0.455. The van der Waals surface area contributed by atoms with E-state index in [0.29, 0.717) is 4.77 Å². The lowest BCUT2D eigenvalue weighted by Gasteiger charge is -1.97. The summed E-state index contributed by atoms with van der Waals surface area (Å²) in [7, 11) is 1.92. The van der Waals surface area contributed by atoms with E-state index in [-0.39, 0.29) is 0 Å². The van der Waals surface area contributed by atoms with Gasteiger partial charge in [0.1, 0.15) is 0 Å². The number of nitrogens with zero attached hydrogens (tertiary/aromatic N) is 5. The van der Waals surface area contributed by atoms with Gasteiger partial charge in [-0.15, -0.1) is 0 Å². The van der Waals surface area contributed by atoms with Crippen molar-refractivity contribution in [2.75, 3.05) is 0 Å². The summed E-state index contributed by atoms with van der Waals surface area (Å²) in [5, 5.41) is 15.6. The van der Waals surface area contributed by atoms with Crippen LogP contribution in [0, 0.1) is 18.6 Å². The number of nitrogens with one attached hydrogen (secondary N) is 1. The van der Waals surface area contributed by atoms with Gasteiger partial charge in [0.2, 0.25) is 4.77 Å². The van der Waals surface area contributed by atoms with Gasteiger partial charge in [0.15, 0.2) is 5.82 Å². The lowest BCUT2D eigenvalue weighted by molar-refractivity contribution is 0.731. The molecule has 2 aromatic rings. The normalized spacial score (nSPS) is 11.6. The number of H-pyrrole nitrogens is 1. The van der Waals surface area contributed by atoms with Gasteiger partial charge in [-0.25, -0.2) is 0 Å².